The quantitative estimate of drug-likeness (QED) is 0.489. The van der Waals surface area contributed by atoms with E-state index in [1.807, 2.05) is 43.3 Å². The van der Waals surface area contributed by atoms with Gasteiger partial charge in [0.05, 0.1) is 5.71 Å². The lowest BCUT2D eigenvalue weighted by molar-refractivity contribution is 0.130. The molecule has 0 radical (unpaired) electrons. The third-order valence-electron chi connectivity index (χ3n) is 3.66. The normalized spacial score (nSPS) is 11.4. The van der Waals surface area contributed by atoms with Gasteiger partial charge in [0.15, 0.2) is 6.73 Å². The number of hydrogen-bond acceptors (Lipinski definition) is 5. The van der Waals surface area contributed by atoms with E-state index in [-0.39, 0.29) is 0 Å². The van der Waals surface area contributed by atoms with Crippen molar-refractivity contribution in [3.63, 3.8) is 0 Å². The molecule has 3 rings (SSSR count). The Morgan fingerprint density at radius 2 is 1.84 bits per heavy atom. The average molecular weight is 336 g/mol. The van der Waals surface area contributed by atoms with Crippen LogP contribution in [-0.4, -0.2) is 20.5 Å². The second-order valence-corrected chi connectivity index (χ2v) is 5.67. The number of hydrogen-bond donors (Lipinski definition) is 0. The summed E-state index contributed by atoms with van der Waals surface area (Å²) in [5.41, 5.74) is 4.13. The van der Waals surface area contributed by atoms with Crippen molar-refractivity contribution in [3.8, 4) is 5.75 Å². The highest BCUT2D eigenvalue weighted by molar-refractivity contribution is 5.98. The van der Waals surface area contributed by atoms with Crippen LogP contribution in [0.15, 0.2) is 66.3 Å². The van der Waals surface area contributed by atoms with Gasteiger partial charge in [-0.3, -0.25) is 0 Å². The second kappa shape index (κ2) is 8.10. The smallest absolute Gasteiger partial charge is 0.182 e. The fraction of sp³-hybridized carbons (Fsp3) is 0.211. The third kappa shape index (κ3) is 4.91. The number of aryl methyl sites for hydroxylation is 1. The van der Waals surface area contributed by atoms with Gasteiger partial charge in [-0.05, 0) is 49.2 Å². The number of nitrogens with zero attached hydrogens (tertiary/aromatic N) is 4. The Bertz CT molecular complexity index is 810. The minimum atomic E-state index is 0.325. The standard InChI is InChI=1S/C19H20N4O2/c1-15-3-5-17(6-4-15)11-25-22-16(2)18-7-9-19(10-8-18)24-14-23-13-20-12-21-23/h3-10,12-13H,11,14H2,1-2H3/b22-16+. The lowest BCUT2D eigenvalue weighted by atomic mass is 10.1. The van der Waals surface area contributed by atoms with Crippen LogP contribution in [0.3, 0.4) is 0 Å². The van der Waals surface area contributed by atoms with Gasteiger partial charge in [0.1, 0.15) is 25.0 Å². The molecule has 0 spiro atoms. The Kier molecular flexibility index (Phi) is 5.41. The van der Waals surface area contributed by atoms with Crippen LogP contribution in [0.5, 0.6) is 5.75 Å². The molecule has 0 saturated heterocycles. The van der Waals surface area contributed by atoms with Crippen molar-refractivity contribution in [2.45, 2.75) is 27.2 Å². The fourth-order valence-electron chi connectivity index (χ4n) is 2.17. The van der Waals surface area contributed by atoms with E-state index in [0.717, 1.165) is 22.6 Å². The number of benzene rings is 2. The molecule has 0 aliphatic carbocycles. The first kappa shape index (κ1) is 16.7. The van der Waals surface area contributed by atoms with Crippen molar-refractivity contribution < 1.29 is 9.57 Å². The molecule has 1 heterocycles. The molecule has 0 aliphatic heterocycles. The molecule has 1 aromatic heterocycles. The van der Waals surface area contributed by atoms with Gasteiger partial charge in [0.25, 0.3) is 0 Å². The van der Waals surface area contributed by atoms with Gasteiger partial charge < -0.3 is 9.57 Å². The maximum absolute atomic E-state index is 5.62. The average Bonchev–Trinajstić information content (AvgIpc) is 3.15. The first-order chi connectivity index (χ1) is 12.2. The summed E-state index contributed by atoms with van der Waals surface area (Å²) < 4.78 is 7.23. The molecule has 0 fully saturated rings. The van der Waals surface area contributed by atoms with Crippen molar-refractivity contribution >= 4 is 5.71 Å². The number of rotatable bonds is 7. The first-order valence-electron chi connectivity index (χ1n) is 7.98. The maximum atomic E-state index is 5.62. The molecule has 0 saturated carbocycles. The summed E-state index contributed by atoms with van der Waals surface area (Å²) in [6, 6.07) is 15.9. The molecule has 6 heteroatoms. The third-order valence-corrected chi connectivity index (χ3v) is 3.66. The molecule has 0 atom stereocenters. The number of aromatic nitrogens is 3. The molecule has 25 heavy (non-hydrogen) atoms. The zero-order chi connectivity index (χ0) is 17.5. The number of oxime groups is 1. The van der Waals surface area contributed by atoms with Crippen LogP contribution in [-0.2, 0) is 18.2 Å². The molecule has 3 aromatic rings. The predicted octanol–water partition coefficient (Wildman–Crippen LogP) is 3.56. The predicted molar refractivity (Wildman–Crippen MR) is 95.3 cm³/mol. The second-order valence-electron chi connectivity index (χ2n) is 5.67. The summed E-state index contributed by atoms with van der Waals surface area (Å²) in [4.78, 5) is 9.31. The minimum Gasteiger partial charge on any atom is -0.471 e. The highest BCUT2D eigenvalue weighted by Gasteiger charge is 2.01. The Morgan fingerprint density at radius 3 is 2.52 bits per heavy atom. The molecule has 2 aromatic carbocycles. The van der Waals surface area contributed by atoms with Gasteiger partial charge in [-0.2, -0.15) is 5.10 Å². The molecule has 0 N–H and O–H groups in total. The van der Waals surface area contributed by atoms with E-state index < -0.39 is 0 Å². The SMILES string of the molecule is C/C(=N\OCc1ccc(C)cc1)c1ccc(OCn2cncn2)cc1. The van der Waals surface area contributed by atoms with E-state index in [1.165, 1.54) is 11.9 Å². The Hall–Kier alpha value is -3.15. The van der Waals surface area contributed by atoms with Crippen LogP contribution in [0.25, 0.3) is 0 Å². The molecular formula is C19H20N4O2. The largest absolute Gasteiger partial charge is 0.471 e. The van der Waals surface area contributed by atoms with Gasteiger partial charge in [0, 0.05) is 0 Å². The molecule has 0 bridgehead atoms. The summed E-state index contributed by atoms with van der Waals surface area (Å²) in [7, 11) is 0. The monoisotopic (exact) mass is 336 g/mol. The highest BCUT2D eigenvalue weighted by Crippen LogP contribution is 2.14. The minimum absolute atomic E-state index is 0.325. The summed E-state index contributed by atoms with van der Waals surface area (Å²) in [6.07, 6.45) is 3.08. The van der Waals surface area contributed by atoms with Gasteiger partial charge in [-0.15, -0.1) is 0 Å². The molecule has 0 amide bonds. The van der Waals surface area contributed by atoms with E-state index in [2.05, 4.69) is 34.3 Å². The van der Waals surface area contributed by atoms with E-state index in [4.69, 9.17) is 9.57 Å². The zero-order valence-corrected chi connectivity index (χ0v) is 14.3. The van der Waals surface area contributed by atoms with Crippen LogP contribution < -0.4 is 4.74 Å². The van der Waals surface area contributed by atoms with E-state index >= 15 is 0 Å². The molecule has 0 unspecified atom stereocenters. The van der Waals surface area contributed by atoms with Crippen molar-refractivity contribution in [2.75, 3.05) is 0 Å². The van der Waals surface area contributed by atoms with E-state index in [0.29, 0.717) is 13.3 Å². The van der Waals surface area contributed by atoms with Gasteiger partial charge in [-0.25, -0.2) is 9.67 Å². The summed E-state index contributed by atoms with van der Waals surface area (Å²) >= 11 is 0. The van der Waals surface area contributed by atoms with Crippen molar-refractivity contribution in [3.05, 3.63) is 77.9 Å². The first-order valence-corrected chi connectivity index (χ1v) is 7.98. The highest BCUT2D eigenvalue weighted by atomic mass is 16.6. The Morgan fingerprint density at radius 1 is 1.08 bits per heavy atom. The van der Waals surface area contributed by atoms with Crippen molar-refractivity contribution in [1.82, 2.24) is 14.8 Å². The maximum Gasteiger partial charge on any atom is 0.182 e. The molecule has 0 aliphatic rings. The van der Waals surface area contributed by atoms with Crippen LogP contribution in [0, 0.1) is 6.92 Å². The van der Waals surface area contributed by atoms with Crippen molar-refractivity contribution in [1.29, 1.82) is 0 Å². The summed E-state index contributed by atoms with van der Waals surface area (Å²) in [5.74, 6) is 0.757. The lowest BCUT2D eigenvalue weighted by Crippen LogP contribution is -2.05. The van der Waals surface area contributed by atoms with Crippen molar-refractivity contribution in [2.24, 2.45) is 5.16 Å². The Labute approximate surface area is 146 Å². The van der Waals surface area contributed by atoms with Crippen LogP contribution >= 0.6 is 0 Å². The summed E-state index contributed by atoms with van der Waals surface area (Å²) in [5, 5.41) is 8.17. The van der Waals surface area contributed by atoms with Crippen LogP contribution in [0.1, 0.15) is 23.6 Å². The van der Waals surface area contributed by atoms with Gasteiger partial charge in [-0.1, -0.05) is 35.0 Å². The lowest BCUT2D eigenvalue weighted by Gasteiger charge is -2.07. The van der Waals surface area contributed by atoms with Crippen LogP contribution in [0.2, 0.25) is 0 Å². The fourth-order valence-corrected chi connectivity index (χ4v) is 2.17. The number of ether oxygens (including phenoxy) is 1. The van der Waals surface area contributed by atoms with Gasteiger partial charge >= 0.3 is 0 Å². The van der Waals surface area contributed by atoms with Gasteiger partial charge in [0.2, 0.25) is 0 Å². The molecule has 6 nitrogen and oxygen atoms in total. The van der Waals surface area contributed by atoms with E-state index in [9.17, 15) is 0 Å². The van der Waals surface area contributed by atoms with Crippen LogP contribution in [0.4, 0.5) is 0 Å². The zero-order valence-electron chi connectivity index (χ0n) is 14.3. The molecular weight excluding hydrogens is 316 g/mol. The summed E-state index contributed by atoms with van der Waals surface area (Å²) in [6.45, 7) is 4.76. The topological polar surface area (TPSA) is 61.5 Å². The Balaban J connectivity index is 1.52. The molecule has 128 valence electrons. The van der Waals surface area contributed by atoms with E-state index in [1.54, 1.807) is 11.0 Å².